The Morgan fingerprint density at radius 1 is 1.38 bits per heavy atom. The van der Waals surface area contributed by atoms with Gasteiger partial charge in [-0.05, 0) is 25.1 Å². The monoisotopic (exact) mass is 219 g/mol. The van der Waals surface area contributed by atoms with Crippen molar-refractivity contribution in [2.45, 2.75) is 6.54 Å². The van der Waals surface area contributed by atoms with Gasteiger partial charge in [0.05, 0.1) is 5.56 Å². The summed E-state index contributed by atoms with van der Waals surface area (Å²) < 4.78 is 0. The number of fused-ring (bicyclic) bond motifs is 1. The first-order valence-electron chi connectivity index (χ1n) is 4.98. The molecule has 0 amide bonds. The molecule has 5 nitrogen and oxygen atoms in total. The first-order valence-corrected chi connectivity index (χ1v) is 4.98. The molecule has 0 fully saturated rings. The lowest BCUT2D eigenvalue weighted by atomic mass is 10.1. The summed E-state index contributed by atoms with van der Waals surface area (Å²) in [5, 5.41) is 11.8. The molecule has 1 N–H and O–H groups in total. The number of aromatic nitrogens is 1. The van der Waals surface area contributed by atoms with E-state index in [1.807, 2.05) is 43.3 Å². The first kappa shape index (κ1) is 10.6. The van der Waals surface area contributed by atoms with Crippen LogP contribution in [0.25, 0.3) is 10.9 Å². The average Bonchev–Trinajstić information content (AvgIpc) is 2.57. The third-order valence-corrected chi connectivity index (χ3v) is 2.45. The van der Waals surface area contributed by atoms with Crippen molar-refractivity contribution in [2.24, 2.45) is 0 Å². The zero-order chi connectivity index (χ0) is 11.7. The summed E-state index contributed by atoms with van der Waals surface area (Å²) in [6.07, 6.45) is 0. The van der Waals surface area contributed by atoms with E-state index >= 15 is 0 Å². The third kappa shape index (κ3) is 1.77. The molecule has 0 radical (unpaired) electrons. The van der Waals surface area contributed by atoms with Crippen molar-refractivity contribution in [1.82, 2.24) is 9.88 Å². The fourth-order valence-electron chi connectivity index (χ4n) is 1.82. The van der Waals surface area contributed by atoms with Crippen LogP contribution in [-0.2, 0) is 6.54 Å². The van der Waals surface area contributed by atoms with Gasteiger partial charge >= 0.3 is 5.82 Å². The molecule has 0 unspecified atom stereocenters. The van der Waals surface area contributed by atoms with Gasteiger partial charge in [0.15, 0.2) is 0 Å². The van der Waals surface area contributed by atoms with Gasteiger partial charge in [-0.15, -0.1) is 0 Å². The number of nitrogens with one attached hydrogen (secondary N) is 1. The molecule has 0 saturated carbocycles. The Morgan fingerprint density at radius 3 is 2.69 bits per heavy atom. The standard InChI is InChI=1S/C11H13N3O2/c1-13(2)7-9-8-5-3-4-6-10(8)12-11(9)14(15)16/h3-6,12H,7H2,1-2H3. The summed E-state index contributed by atoms with van der Waals surface area (Å²) in [5.74, 6) is 0.0925. The molecular formula is C11H13N3O2. The molecule has 2 rings (SSSR count). The summed E-state index contributed by atoms with van der Waals surface area (Å²) in [6.45, 7) is 0.556. The van der Waals surface area contributed by atoms with Crippen molar-refractivity contribution < 1.29 is 4.92 Å². The number of rotatable bonds is 3. The van der Waals surface area contributed by atoms with Crippen molar-refractivity contribution in [2.75, 3.05) is 14.1 Å². The topological polar surface area (TPSA) is 62.2 Å². The van der Waals surface area contributed by atoms with Crippen LogP contribution in [0.4, 0.5) is 5.82 Å². The van der Waals surface area contributed by atoms with Gasteiger partial charge in [-0.3, -0.25) is 0 Å². The quantitative estimate of drug-likeness (QED) is 0.635. The van der Waals surface area contributed by atoms with Gasteiger partial charge in [-0.1, -0.05) is 18.2 Å². The highest BCUT2D eigenvalue weighted by Crippen LogP contribution is 2.28. The number of nitrogens with zero attached hydrogens (tertiary/aromatic N) is 2. The molecule has 1 aromatic carbocycles. The summed E-state index contributed by atoms with van der Waals surface area (Å²) in [5.41, 5.74) is 1.55. The van der Waals surface area contributed by atoms with E-state index in [1.165, 1.54) is 0 Å². The van der Waals surface area contributed by atoms with E-state index in [2.05, 4.69) is 4.98 Å². The van der Waals surface area contributed by atoms with E-state index in [1.54, 1.807) is 0 Å². The van der Waals surface area contributed by atoms with Gasteiger partial charge in [0.2, 0.25) is 0 Å². The summed E-state index contributed by atoms with van der Waals surface area (Å²) in [7, 11) is 3.79. The van der Waals surface area contributed by atoms with Crippen molar-refractivity contribution in [3.05, 3.63) is 39.9 Å². The molecule has 0 spiro atoms. The number of benzene rings is 1. The summed E-state index contributed by atoms with van der Waals surface area (Å²) in [4.78, 5) is 15.3. The lowest BCUT2D eigenvalue weighted by molar-refractivity contribution is -0.389. The summed E-state index contributed by atoms with van der Waals surface area (Å²) in [6, 6.07) is 7.50. The maximum absolute atomic E-state index is 10.9. The Kier molecular flexibility index (Phi) is 2.62. The molecule has 0 aliphatic heterocycles. The molecule has 16 heavy (non-hydrogen) atoms. The van der Waals surface area contributed by atoms with E-state index in [9.17, 15) is 10.1 Å². The fraction of sp³-hybridized carbons (Fsp3) is 0.273. The van der Waals surface area contributed by atoms with Crippen LogP contribution in [0.15, 0.2) is 24.3 Å². The normalized spacial score (nSPS) is 11.2. The van der Waals surface area contributed by atoms with Crippen LogP contribution in [-0.4, -0.2) is 28.9 Å². The van der Waals surface area contributed by atoms with Crippen LogP contribution in [0.2, 0.25) is 0 Å². The zero-order valence-corrected chi connectivity index (χ0v) is 9.23. The molecule has 1 heterocycles. The third-order valence-electron chi connectivity index (χ3n) is 2.45. The number of nitro groups is 1. The molecule has 5 heteroatoms. The molecule has 0 atom stereocenters. The lowest BCUT2D eigenvalue weighted by Crippen LogP contribution is -2.11. The van der Waals surface area contributed by atoms with E-state index in [0.717, 1.165) is 16.5 Å². The maximum Gasteiger partial charge on any atom is 0.326 e. The molecule has 84 valence electrons. The molecular weight excluding hydrogens is 206 g/mol. The van der Waals surface area contributed by atoms with Crippen molar-refractivity contribution >= 4 is 16.7 Å². The minimum atomic E-state index is -0.362. The predicted molar refractivity (Wildman–Crippen MR) is 62.3 cm³/mol. The minimum absolute atomic E-state index is 0.0925. The highest BCUT2D eigenvalue weighted by molar-refractivity contribution is 5.87. The van der Waals surface area contributed by atoms with Gasteiger partial charge in [0, 0.05) is 11.9 Å². The van der Waals surface area contributed by atoms with Gasteiger partial charge in [-0.25, -0.2) is 4.98 Å². The molecule has 0 bridgehead atoms. The van der Waals surface area contributed by atoms with Crippen molar-refractivity contribution in [3.63, 3.8) is 0 Å². The molecule has 1 aromatic heterocycles. The Morgan fingerprint density at radius 2 is 2.06 bits per heavy atom. The second-order valence-electron chi connectivity index (χ2n) is 3.99. The largest absolute Gasteiger partial charge is 0.358 e. The smallest absolute Gasteiger partial charge is 0.326 e. The molecule has 0 aliphatic rings. The van der Waals surface area contributed by atoms with Crippen LogP contribution in [0, 0.1) is 10.1 Å². The molecule has 0 saturated heterocycles. The van der Waals surface area contributed by atoms with E-state index in [0.29, 0.717) is 6.54 Å². The van der Waals surface area contributed by atoms with Gasteiger partial charge < -0.3 is 15.0 Å². The van der Waals surface area contributed by atoms with Crippen LogP contribution >= 0.6 is 0 Å². The van der Waals surface area contributed by atoms with E-state index in [4.69, 9.17) is 0 Å². The molecule has 0 aliphatic carbocycles. The van der Waals surface area contributed by atoms with Crippen molar-refractivity contribution in [3.8, 4) is 0 Å². The van der Waals surface area contributed by atoms with Gasteiger partial charge in [-0.2, -0.15) is 0 Å². The number of H-pyrrole nitrogens is 1. The average molecular weight is 219 g/mol. The maximum atomic E-state index is 10.9. The van der Waals surface area contributed by atoms with Gasteiger partial charge in [0.25, 0.3) is 0 Å². The second-order valence-corrected chi connectivity index (χ2v) is 3.99. The highest BCUT2D eigenvalue weighted by Gasteiger charge is 2.19. The number of para-hydroxylation sites is 1. The fourth-order valence-corrected chi connectivity index (χ4v) is 1.82. The number of hydrogen-bond donors (Lipinski definition) is 1. The van der Waals surface area contributed by atoms with Crippen LogP contribution in [0.3, 0.4) is 0 Å². The van der Waals surface area contributed by atoms with E-state index in [-0.39, 0.29) is 10.7 Å². The van der Waals surface area contributed by atoms with Gasteiger partial charge in [0.1, 0.15) is 5.52 Å². The zero-order valence-electron chi connectivity index (χ0n) is 9.23. The summed E-state index contributed by atoms with van der Waals surface area (Å²) >= 11 is 0. The number of hydrogen-bond acceptors (Lipinski definition) is 3. The minimum Gasteiger partial charge on any atom is -0.358 e. The SMILES string of the molecule is CN(C)Cc1c([N+](=O)[O-])[nH]c2ccccc12. The Hall–Kier alpha value is -1.88. The van der Waals surface area contributed by atoms with Crippen molar-refractivity contribution in [1.29, 1.82) is 0 Å². The van der Waals surface area contributed by atoms with Crippen LogP contribution in [0.5, 0.6) is 0 Å². The predicted octanol–water partition coefficient (Wildman–Crippen LogP) is 2.14. The Balaban J connectivity index is 2.64. The molecule has 2 aromatic rings. The number of aromatic amines is 1. The van der Waals surface area contributed by atoms with Crippen LogP contribution < -0.4 is 0 Å². The van der Waals surface area contributed by atoms with E-state index < -0.39 is 0 Å². The second kappa shape index (κ2) is 3.94. The highest BCUT2D eigenvalue weighted by atomic mass is 16.6. The van der Waals surface area contributed by atoms with Crippen LogP contribution in [0.1, 0.15) is 5.56 Å². The Labute approximate surface area is 92.8 Å². The lowest BCUT2D eigenvalue weighted by Gasteiger charge is -2.07. The first-order chi connectivity index (χ1) is 7.59. The Bertz CT molecular complexity index is 531.